The van der Waals surface area contributed by atoms with Gasteiger partial charge in [0.05, 0.1) is 11.4 Å². The maximum Gasteiger partial charge on any atom is 0.296 e. The lowest BCUT2D eigenvalue weighted by Crippen LogP contribution is -2.37. The zero-order valence-electron chi connectivity index (χ0n) is 14.2. The third-order valence-electron chi connectivity index (χ3n) is 4.32. The number of aryl methyl sites for hydroxylation is 1. The van der Waals surface area contributed by atoms with E-state index in [2.05, 4.69) is 4.98 Å². The molecule has 1 aliphatic rings. The molecule has 0 saturated carbocycles. The van der Waals surface area contributed by atoms with E-state index in [9.17, 15) is 9.18 Å². The van der Waals surface area contributed by atoms with Crippen LogP contribution in [-0.4, -0.2) is 17.4 Å². The van der Waals surface area contributed by atoms with Crippen LogP contribution in [0, 0.1) is 12.7 Å². The Morgan fingerprint density at radius 1 is 1.19 bits per heavy atom. The van der Waals surface area contributed by atoms with E-state index in [0.717, 1.165) is 0 Å². The van der Waals surface area contributed by atoms with Crippen molar-refractivity contribution in [2.45, 2.75) is 20.0 Å². The summed E-state index contributed by atoms with van der Waals surface area (Å²) in [5.74, 6) is 0.409. The summed E-state index contributed by atoms with van der Waals surface area (Å²) in [6.45, 7) is 2.16. The molecule has 26 heavy (non-hydrogen) atoms. The average Bonchev–Trinajstić information content (AvgIpc) is 3.08. The van der Waals surface area contributed by atoms with Crippen LogP contribution in [0.15, 0.2) is 52.9 Å². The summed E-state index contributed by atoms with van der Waals surface area (Å²) >= 11 is 0. The van der Waals surface area contributed by atoms with Crippen LogP contribution in [0.1, 0.15) is 27.7 Å². The van der Waals surface area contributed by atoms with E-state index in [4.69, 9.17) is 9.15 Å². The van der Waals surface area contributed by atoms with Crippen LogP contribution in [0.25, 0.3) is 0 Å². The van der Waals surface area contributed by atoms with Gasteiger partial charge in [0.15, 0.2) is 6.61 Å². The number of hydrogen-bond acceptors (Lipinski definition) is 4. The minimum Gasteiger partial charge on any atom is -0.484 e. The number of anilines is 1. The fraction of sp³-hybridized carbons (Fsp3) is 0.200. The van der Waals surface area contributed by atoms with Crippen LogP contribution in [0.3, 0.4) is 0 Å². The van der Waals surface area contributed by atoms with Gasteiger partial charge in [-0.05, 0) is 30.7 Å². The Labute approximate surface area is 150 Å². The number of benzene rings is 2. The largest absolute Gasteiger partial charge is 0.484 e. The van der Waals surface area contributed by atoms with Crippen molar-refractivity contribution in [3.8, 4) is 5.75 Å². The van der Waals surface area contributed by atoms with Crippen molar-refractivity contribution in [1.29, 1.82) is 0 Å². The lowest BCUT2D eigenvalue weighted by atomic mass is 10.1. The molecule has 3 aromatic rings. The fourth-order valence-corrected chi connectivity index (χ4v) is 2.97. The first-order chi connectivity index (χ1) is 12.6. The lowest BCUT2D eigenvalue weighted by molar-refractivity contribution is 0.0947. The molecule has 0 spiro atoms. The van der Waals surface area contributed by atoms with Crippen molar-refractivity contribution in [2.24, 2.45) is 0 Å². The number of halogens is 1. The molecule has 0 fully saturated rings. The van der Waals surface area contributed by atoms with E-state index >= 15 is 0 Å². The quantitative estimate of drug-likeness (QED) is 0.714. The van der Waals surface area contributed by atoms with E-state index in [1.165, 1.54) is 4.90 Å². The Morgan fingerprint density at radius 2 is 2.00 bits per heavy atom. The minimum absolute atomic E-state index is 0.128. The number of fused-ring (bicyclic) bond motifs is 1. The fourth-order valence-electron chi connectivity index (χ4n) is 2.97. The second-order valence-corrected chi connectivity index (χ2v) is 6.10. The van der Waals surface area contributed by atoms with E-state index in [1.54, 1.807) is 25.1 Å². The van der Waals surface area contributed by atoms with Gasteiger partial charge < -0.3 is 14.1 Å². The zero-order chi connectivity index (χ0) is 18.1. The Morgan fingerprint density at radius 3 is 2.81 bits per heavy atom. The molecule has 0 bridgehead atoms. The first-order valence-corrected chi connectivity index (χ1v) is 8.37. The Balaban J connectivity index is 1.55. The third kappa shape index (κ3) is 2.94. The summed E-state index contributed by atoms with van der Waals surface area (Å²) in [6.07, 6.45) is 0.503. The van der Waals surface area contributed by atoms with Gasteiger partial charge >= 0.3 is 0 Å². The first-order valence-electron chi connectivity index (χ1n) is 8.37. The van der Waals surface area contributed by atoms with Crippen LogP contribution in [0.2, 0.25) is 0 Å². The van der Waals surface area contributed by atoms with Gasteiger partial charge in [0.1, 0.15) is 11.6 Å². The number of hydrogen-bond donors (Lipinski definition) is 0. The monoisotopic (exact) mass is 352 g/mol. The van der Waals surface area contributed by atoms with E-state index in [1.807, 2.05) is 30.3 Å². The topological polar surface area (TPSA) is 55.6 Å². The SMILES string of the molecule is Cc1cccc(N2CCc3nc(COc4ccccc4)oc3C2=O)c1F. The smallest absolute Gasteiger partial charge is 0.296 e. The van der Waals surface area contributed by atoms with E-state index < -0.39 is 5.82 Å². The number of para-hydroxylation sites is 1. The predicted octanol–water partition coefficient (Wildman–Crippen LogP) is 3.90. The Bertz CT molecular complexity index is 953. The van der Waals surface area contributed by atoms with Crippen molar-refractivity contribution in [3.05, 3.63) is 77.3 Å². The number of nitrogens with zero attached hydrogens (tertiary/aromatic N) is 2. The van der Waals surface area contributed by atoms with Crippen molar-refractivity contribution >= 4 is 11.6 Å². The molecule has 5 nitrogen and oxygen atoms in total. The summed E-state index contributed by atoms with van der Waals surface area (Å²) in [7, 11) is 0. The molecular formula is C20H17FN2O3. The number of carbonyl (C=O) groups excluding carboxylic acids is 1. The maximum atomic E-state index is 14.4. The van der Waals surface area contributed by atoms with Gasteiger partial charge in [-0.2, -0.15) is 0 Å². The highest BCUT2D eigenvalue weighted by Crippen LogP contribution is 2.28. The van der Waals surface area contributed by atoms with Crippen molar-refractivity contribution in [2.75, 3.05) is 11.4 Å². The molecule has 1 aromatic heterocycles. The van der Waals surface area contributed by atoms with Gasteiger partial charge in [-0.1, -0.05) is 30.3 Å². The average molecular weight is 352 g/mol. The molecule has 0 unspecified atom stereocenters. The van der Waals surface area contributed by atoms with Gasteiger partial charge in [-0.25, -0.2) is 9.37 Å². The van der Waals surface area contributed by atoms with Crippen LogP contribution < -0.4 is 9.64 Å². The third-order valence-corrected chi connectivity index (χ3v) is 4.32. The molecular weight excluding hydrogens is 335 g/mol. The molecule has 1 aliphatic heterocycles. The number of aromatic nitrogens is 1. The Kier molecular flexibility index (Phi) is 4.16. The molecule has 2 aromatic carbocycles. The predicted molar refractivity (Wildman–Crippen MR) is 93.8 cm³/mol. The summed E-state index contributed by atoms with van der Waals surface area (Å²) in [5, 5.41) is 0. The van der Waals surface area contributed by atoms with Gasteiger partial charge in [0.25, 0.3) is 5.91 Å². The molecule has 0 atom stereocenters. The number of ether oxygens (including phenoxy) is 1. The lowest BCUT2D eigenvalue weighted by Gasteiger charge is -2.25. The number of oxazole rings is 1. The van der Waals surface area contributed by atoms with Crippen LogP contribution >= 0.6 is 0 Å². The van der Waals surface area contributed by atoms with E-state index in [0.29, 0.717) is 35.9 Å². The van der Waals surface area contributed by atoms with Gasteiger partial charge in [0, 0.05) is 13.0 Å². The highest BCUT2D eigenvalue weighted by atomic mass is 19.1. The molecule has 132 valence electrons. The maximum absolute atomic E-state index is 14.4. The van der Waals surface area contributed by atoms with Gasteiger partial charge in [-0.3, -0.25) is 4.79 Å². The highest BCUT2D eigenvalue weighted by Gasteiger charge is 2.32. The first kappa shape index (κ1) is 16.3. The van der Waals surface area contributed by atoms with Gasteiger partial charge in [0.2, 0.25) is 11.7 Å². The van der Waals surface area contributed by atoms with Crippen molar-refractivity contribution in [1.82, 2.24) is 4.98 Å². The molecule has 2 heterocycles. The second kappa shape index (κ2) is 6.63. The summed E-state index contributed by atoms with van der Waals surface area (Å²) in [5.41, 5.74) is 1.35. The normalized spacial score (nSPS) is 13.6. The highest BCUT2D eigenvalue weighted by molar-refractivity contribution is 6.06. The molecule has 4 rings (SSSR count). The number of carbonyl (C=O) groups is 1. The van der Waals surface area contributed by atoms with Crippen LogP contribution in [0.5, 0.6) is 5.75 Å². The van der Waals surface area contributed by atoms with Crippen LogP contribution in [0.4, 0.5) is 10.1 Å². The van der Waals surface area contributed by atoms with E-state index in [-0.39, 0.29) is 24.0 Å². The summed E-state index contributed by atoms with van der Waals surface area (Å²) < 4.78 is 25.6. The summed E-state index contributed by atoms with van der Waals surface area (Å²) in [6, 6.07) is 14.3. The molecule has 0 radical (unpaired) electrons. The number of rotatable bonds is 4. The van der Waals surface area contributed by atoms with Gasteiger partial charge in [-0.15, -0.1) is 0 Å². The molecule has 1 amide bonds. The Hall–Kier alpha value is -3.15. The zero-order valence-corrected chi connectivity index (χ0v) is 14.2. The van der Waals surface area contributed by atoms with Crippen LogP contribution in [-0.2, 0) is 13.0 Å². The molecule has 0 saturated heterocycles. The molecule has 0 aliphatic carbocycles. The van der Waals surface area contributed by atoms with Crippen molar-refractivity contribution < 1.29 is 18.3 Å². The standard InChI is InChI=1S/C20H17FN2O3/c1-13-6-5-9-16(18(13)21)23-11-10-15-19(20(23)24)26-17(22-15)12-25-14-7-3-2-4-8-14/h2-9H,10-12H2,1H3. The summed E-state index contributed by atoms with van der Waals surface area (Å²) in [4.78, 5) is 18.5. The number of amides is 1. The minimum atomic E-state index is -0.392. The van der Waals surface area contributed by atoms with Crippen molar-refractivity contribution in [3.63, 3.8) is 0 Å². The molecule has 0 N–H and O–H groups in total. The molecule has 6 heteroatoms. The second-order valence-electron chi connectivity index (χ2n) is 6.10.